The summed E-state index contributed by atoms with van der Waals surface area (Å²) in [6, 6.07) is 0. The Morgan fingerprint density at radius 2 is 2.23 bits per heavy atom. The minimum absolute atomic E-state index is 0.0544. The molecule has 1 saturated carbocycles. The van der Waals surface area contributed by atoms with Crippen LogP contribution >= 0.6 is 0 Å². The van der Waals surface area contributed by atoms with Gasteiger partial charge in [0, 0.05) is 6.42 Å². The molecule has 0 aromatic heterocycles. The molecule has 2 nitrogen and oxygen atoms in total. The first kappa shape index (κ1) is 9.04. The molecule has 0 N–H and O–H groups in total. The van der Waals surface area contributed by atoms with Crippen molar-refractivity contribution < 1.29 is 9.53 Å². The number of esters is 1. The van der Waals surface area contributed by atoms with Crippen molar-refractivity contribution in [2.45, 2.75) is 45.6 Å². The van der Waals surface area contributed by atoms with Gasteiger partial charge in [0.15, 0.2) is 0 Å². The van der Waals surface area contributed by atoms with E-state index in [4.69, 9.17) is 4.74 Å². The molecule has 0 aromatic carbocycles. The van der Waals surface area contributed by atoms with Gasteiger partial charge in [0.05, 0.1) is 5.92 Å². The van der Waals surface area contributed by atoms with Gasteiger partial charge in [-0.2, -0.15) is 0 Å². The molecule has 0 radical (unpaired) electrons. The van der Waals surface area contributed by atoms with Crippen LogP contribution in [0.5, 0.6) is 0 Å². The molecule has 1 aliphatic carbocycles. The number of hydrogen-bond acceptors (Lipinski definition) is 2. The van der Waals surface area contributed by atoms with E-state index in [1.807, 2.05) is 0 Å². The molecule has 13 heavy (non-hydrogen) atoms. The Bertz CT molecular complexity index is 234. The smallest absolute Gasteiger partial charge is 0.309 e. The maximum absolute atomic E-state index is 11.6. The summed E-state index contributed by atoms with van der Waals surface area (Å²) < 4.78 is 5.41. The zero-order valence-corrected chi connectivity index (χ0v) is 8.67. The molecule has 2 bridgehead atoms. The van der Waals surface area contributed by atoms with E-state index in [1.54, 1.807) is 0 Å². The number of carbonyl (C=O) groups is 1. The van der Waals surface area contributed by atoms with Gasteiger partial charge in [-0.15, -0.1) is 0 Å². The summed E-state index contributed by atoms with van der Waals surface area (Å²) in [6.07, 6.45) is 3.16. The molecule has 0 amide bonds. The third-order valence-corrected chi connectivity index (χ3v) is 3.68. The van der Waals surface area contributed by atoms with Crippen molar-refractivity contribution in [3.05, 3.63) is 0 Å². The Labute approximate surface area is 79.7 Å². The van der Waals surface area contributed by atoms with Crippen molar-refractivity contribution in [1.82, 2.24) is 0 Å². The van der Waals surface area contributed by atoms with Gasteiger partial charge in [-0.3, -0.25) is 4.79 Å². The van der Waals surface area contributed by atoms with E-state index < -0.39 is 0 Å². The van der Waals surface area contributed by atoms with Crippen molar-refractivity contribution in [2.24, 2.45) is 17.8 Å². The van der Waals surface area contributed by atoms with Crippen LogP contribution in [0.4, 0.5) is 0 Å². The summed E-state index contributed by atoms with van der Waals surface area (Å²) in [4.78, 5) is 11.6. The largest absolute Gasteiger partial charge is 0.459 e. The highest BCUT2D eigenvalue weighted by Crippen LogP contribution is 2.47. The fourth-order valence-electron chi connectivity index (χ4n) is 2.86. The zero-order chi connectivity index (χ0) is 9.64. The summed E-state index contributed by atoms with van der Waals surface area (Å²) >= 11 is 0. The van der Waals surface area contributed by atoms with Crippen molar-refractivity contribution in [1.29, 1.82) is 0 Å². The van der Waals surface area contributed by atoms with Gasteiger partial charge in [0.2, 0.25) is 0 Å². The van der Waals surface area contributed by atoms with Gasteiger partial charge in [0.1, 0.15) is 5.60 Å². The predicted octanol–water partition coefficient (Wildman–Crippen LogP) is 2.37. The Morgan fingerprint density at radius 1 is 1.54 bits per heavy atom. The summed E-state index contributed by atoms with van der Waals surface area (Å²) in [6.45, 7) is 6.49. The second-order valence-electron chi connectivity index (χ2n) is 5.13. The molecule has 2 fully saturated rings. The van der Waals surface area contributed by atoms with Crippen LogP contribution in [-0.4, -0.2) is 11.6 Å². The maximum atomic E-state index is 11.6. The predicted molar refractivity (Wildman–Crippen MR) is 50.2 cm³/mol. The number of rotatable bonds is 1. The molecule has 2 heteroatoms. The van der Waals surface area contributed by atoms with Crippen LogP contribution in [-0.2, 0) is 9.53 Å². The minimum Gasteiger partial charge on any atom is -0.459 e. The standard InChI is InChI=1S/C11H18O2/c1-7(2)8-4-5-11(3)6-9(8)10(12)13-11/h7-9H,4-6H2,1-3H3. The quantitative estimate of drug-likeness (QED) is 0.582. The van der Waals surface area contributed by atoms with Crippen LogP contribution in [0, 0.1) is 17.8 Å². The summed E-state index contributed by atoms with van der Waals surface area (Å²) in [5.74, 6) is 1.42. The first-order chi connectivity index (χ1) is 6.02. The monoisotopic (exact) mass is 182 g/mol. The van der Waals surface area contributed by atoms with Gasteiger partial charge in [-0.05, 0) is 31.6 Å². The second kappa shape index (κ2) is 2.73. The van der Waals surface area contributed by atoms with E-state index in [9.17, 15) is 4.79 Å². The van der Waals surface area contributed by atoms with Gasteiger partial charge >= 0.3 is 5.97 Å². The Kier molecular flexibility index (Phi) is 1.90. The zero-order valence-electron chi connectivity index (χ0n) is 8.67. The van der Waals surface area contributed by atoms with Gasteiger partial charge in [0.25, 0.3) is 0 Å². The molecule has 2 aliphatic rings. The van der Waals surface area contributed by atoms with E-state index in [0.29, 0.717) is 11.8 Å². The lowest BCUT2D eigenvalue weighted by Crippen LogP contribution is -2.32. The lowest BCUT2D eigenvalue weighted by Gasteiger charge is -2.32. The van der Waals surface area contributed by atoms with Crippen LogP contribution in [0.3, 0.4) is 0 Å². The van der Waals surface area contributed by atoms with Crippen molar-refractivity contribution in [3.63, 3.8) is 0 Å². The molecule has 1 saturated heterocycles. The molecule has 0 spiro atoms. The highest BCUT2D eigenvalue weighted by Gasteiger charge is 2.51. The topological polar surface area (TPSA) is 26.3 Å². The third-order valence-electron chi connectivity index (χ3n) is 3.68. The van der Waals surface area contributed by atoms with E-state index in [2.05, 4.69) is 20.8 Å². The number of carbonyl (C=O) groups excluding carboxylic acids is 1. The van der Waals surface area contributed by atoms with Crippen LogP contribution in [0.15, 0.2) is 0 Å². The molecule has 3 atom stereocenters. The van der Waals surface area contributed by atoms with Crippen LogP contribution < -0.4 is 0 Å². The normalized spacial score (nSPS) is 43.8. The summed E-state index contributed by atoms with van der Waals surface area (Å²) in [7, 11) is 0. The SMILES string of the molecule is CC(C)C1CCC2(C)CC1C(=O)O2. The Morgan fingerprint density at radius 3 is 2.85 bits per heavy atom. The lowest BCUT2D eigenvalue weighted by molar-refractivity contribution is -0.148. The van der Waals surface area contributed by atoms with Crippen molar-refractivity contribution in [2.75, 3.05) is 0 Å². The molecular formula is C11H18O2. The third kappa shape index (κ3) is 1.36. The van der Waals surface area contributed by atoms with Crippen LogP contribution in [0.2, 0.25) is 0 Å². The van der Waals surface area contributed by atoms with Gasteiger partial charge in [-0.1, -0.05) is 13.8 Å². The number of ether oxygens (including phenoxy) is 1. The van der Waals surface area contributed by atoms with Gasteiger partial charge < -0.3 is 4.74 Å². The molecule has 3 unspecified atom stereocenters. The Hall–Kier alpha value is -0.530. The number of hydrogen-bond donors (Lipinski definition) is 0. The summed E-state index contributed by atoms with van der Waals surface area (Å²) in [5.41, 5.74) is -0.118. The molecular weight excluding hydrogens is 164 g/mol. The first-order valence-electron chi connectivity index (χ1n) is 5.25. The minimum atomic E-state index is -0.118. The molecule has 2 rings (SSSR count). The van der Waals surface area contributed by atoms with Gasteiger partial charge in [-0.25, -0.2) is 0 Å². The van der Waals surface area contributed by atoms with E-state index in [1.165, 1.54) is 0 Å². The second-order valence-corrected chi connectivity index (χ2v) is 5.13. The van der Waals surface area contributed by atoms with E-state index >= 15 is 0 Å². The molecule has 1 aliphatic heterocycles. The Balaban J connectivity index is 2.19. The maximum Gasteiger partial charge on any atom is 0.309 e. The fraction of sp³-hybridized carbons (Fsp3) is 0.909. The first-order valence-corrected chi connectivity index (χ1v) is 5.25. The molecule has 0 aromatic rings. The lowest BCUT2D eigenvalue weighted by atomic mass is 9.70. The van der Waals surface area contributed by atoms with E-state index in [0.717, 1.165) is 19.3 Å². The average Bonchev–Trinajstić information content (AvgIpc) is 2.22. The van der Waals surface area contributed by atoms with Crippen molar-refractivity contribution >= 4 is 5.97 Å². The fourth-order valence-corrected chi connectivity index (χ4v) is 2.86. The van der Waals surface area contributed by atoms with Crippen LogP contribution in [0.1, 0.15) is 40.0 Å². The highest BCUT2D eigenvalue weighted by molar-refractivity contribution is 5.76. The highest BCUT2D eigenvalue weighted by atomic mass is 16.6. The molecule has 1 heterocycles. The molecule has 74 valence electrons. The average molecular weight is 182 g/mol. The summed E-state index contributed by atoms with van der Waals surface area (Å²) in [5, 5.41) is 0. The number of fused-ring (bicyclic) bond motifs is 2. The van der Waals surface area contributed by atoms with E-state index in [-0.39, 0.29) is 17.5 Å². The van der Waals surface area contributed by atoms with Crippen LogP contribution in [0.25, 0.3) is 0 Å². The van der Waals surface area contributed by atoms with Crippen molar-refractivity contribution in [3.8, 4) is 0 Å².